The molecule has 0 bridgehead atoms. The molecule has 1 aliphatic rings. The molecule has 2 rings (SSSR count). The summed E-state index contributed by atoms with van der Waals surface area (Å²) in [5, 5.41) is 0. The summed E-state index contributed by atoms with van der Waals surface area (Å²) in [5.41, 5.74) is 3.05. The highest BCUT2D eigenvalue weighted by molar-refractivity contribution is 6.00. The monoisotopic (exact) mass is 246 g/mol. The number of hydrogen-bond acceptors (Lipinski definition) is 2. The molecule has 0 saturated carbocycles. The first kappa shape index (κ1) is 13.3. The number of carbonyl (C=O) groups excluding carboxylic acids is 1. The lowest BCUT2D eigenvalue weighted by molar-refractivity contribution is 0.0491. The van der Waals surface area contributed by atoms with Gasteiger partial charge in [-0.1, -0.05) is 24.6 Å². The molecule has 1 aromatic carbocycles. The second-order valence-corrected chi connectivity index (χ2v) is 5.61. The van der Waals surface area contributed by atoms with Gasteiger partial charge in [-0.15, -0.1) is 0 Å². The zero-order valence-electron chi connectivity index (χ0n) is 11.9. The summed E-state index contributed by atoms with van der Waals surface area (Å²) >= 11 is 0. The summed E-state index contributed by atoms with van der Waals surface area (Å²) in [6, 6.07) is 6.07. The van der Waals surface area contributed by atoms with E-state index in [0.29, 0.717) is 0 Å². The summed E-state index contributed by atoms with van der Waals surface area (Å²) in [4.78, 5) is 12.7. The topological polar surface area (TPSA) is 26.3 Å². The molecular formula is C16H22O2. The molecule has 1 aliphatic heterocycles. The van der Waals surface area contributed by atoms with Gasteiger partial charge in [0.1, 0.15) is 0 Å². The zero-order valence-corrected chi connectivity index (χ0v) is 11.9. The van der Waals surface area contributed by atoms with Crippen LogP contribution in [0.25, 0.3) is 0 Å². The summed E-state index contributed by atoms with van der Waals surface area (Å²) in [5.74, 6) is 0.508. The van der Waals surface area contributed by atoms with Gasteiger partial charge in [0.2, 0.25) is 0 Å². The van der Waals surface area contributed by atoms with E-state index in [1.165, 1.54) is 0 Å². The predicted octanol–water partition coefficient (Wildman–Crippen LogP) is 3.55. The molecule has 0 amide bonds. The van der Waals surface area contributed by atoms with E-state index in [4.69, 9.17) is 4.74 Å². The summed E-state index contributed by atoms with van der Waals surface area (Å²) in [6.07, 6.45) is 0.182. The Hall–Kier alpha value is -1.15. The second kappa shape index (κ2) is 4.85. The van der Waals surface area contributed by atoms with Gasteiger partial charge in [0.15, 0.2) is 5.78 Å². The molecule has 1 aromatic rings. The third-order valence-electron chi connectivity index (χ3n) is 4.20. The number of hydrogen-bond donors (Lipinski definition) is 0. The largest absolute Gasteiger partial charge is 0.374 e. The van der Waals surface area contributed by atoms with Crippen LogP contribution in [-0.4, -0.2) is 18.0 Å². The van der Waals surface area contributed by atoms with Crippen molar-refractivity contribution in [3.8, 4) is 0 Å². The minimum atomic E-state index is -0.0134. The number of carbonyl (C=O) groups is 1. The smallest absolute Gasteiger partial charge is 0.169 e. The molecule has 98 valence electrons. The Balaban J connectivity index is 2.34. The van der Waals surface area contributed by atoms with Gasteiger partial charge in [0.25, 0.3) is 0 Å². The minimum Gasteiger partial charge on any atom is -0.374 e. The van der Waals surface area contributed by atoms with Crippen molar-refractivity contribution < 1.29 is 9.53 Å². The molecule has 18 heavy (non-hydrogen) atoms. The van der Waals surface area contributed by atoms with Gasteiger partial charge in [0, 0.05) is 5.56 Å². The molecule has 0 aromatic heterocycles. The van der Waals surface area contributed by atoms with Crippen molar-refractivity contribution in [2.24, 2.45) is 11.8 Å². The fraction of sp³-hybridized carbons (Fsp3) is 0.562. The predicted molar refractivity (Wildman–Crippen MR) is 72.9 cm³/mol. The molecule has 0 radical (unpaired) electrons. The lowest BCUT2D eigenvalue weighted by Crippen LogP contribution is -2.27. The lowest BCUT2D eigenvalue weighted by Gasteiger charge is -2.18. The number of Topliss-reactive ketones (excluding diaryl/α,β-unsaturated/α-hetero) is 1. The minimum absolute atomic E-state index is 0.0134. The quantitative estimate of drug-likeness (QED) is 0.746. The van der Waals surface area contributed by atoms with Gasteiger partial charge < -0.3 is 4.74 Å². The maximum absolute atomic E-state index is 12.7. The highest BCUT2D eigenvalue weighted by atomic mass is 16.5. The SMILES string of the molecule is Cc1ccc(C)c(C(=O)C2C(C)OC(C)C2C)c1. The highest BCUT2D eigenvalue weighted by Gasteiger charge is 2.41. The van der Waals surface area contributed by atoms with Gasteiger partial charge in [-0.3, -0.25) is 4.79 Å². The maximum Gasteiger partial charge on any atom is 0.169 e. The number of rotatable bonds is 2. The third-order valence-corrected chi connectivity index (χ3v) is 4.20. The second-order valence-electron chi connectivity index (χ2n) is 5.61. The fourth-order valence-corrected chi connectivity index (χ4v) is 2.90. The Morgan fingerprint density at radius 1 is 1.11 bits per heavy atom. The summed E-state index contributed by atoms with van der Waals surface area (Å²) < 4.78 is 5.78. The van der Waals surface area contributed by atoms with Gasteiger partial charge in [0.05, 0.1) is 18.1 Å². The molecule has 2 nitrogen and oxygen atoms in total. The van der Waals surface area contributed by atoms with Crippen molar-refractivity contribution >= 4 is 5.78 Å². The van der Waals surface area contributed by atoms with Crippen molar-refractivity contribution in [2.75, 3.05) is 0 Å². The Kier molecular flexibility index (Phi) is 3.58. The maximum atomic E-state index is 12.7. The summed E-state index contributed by atoms with van der Waals surface area (Å²) in [6.45, 7) is 10.2. The number of ether oxygens (including phenoxy) is 1. The Labute approximate surface area is 109 Å². The van der Waals surface area contributed by atoms with Crippen LogP contribution in [0.2, 0.25) is 0 Å². The Morgan fingerprint density at radius 2 is 1.78 bits per heavy atom. The normalized spacial score (nSPS) is 31.6. The van der Waals surface area contributed by atoms with E-state index in [-0.39, 0.29) is 29.8 Å². The van der Waals surface area contributed by atoms with Crippen LogP contribution in [0.15, 0.2) is 18.2 Å². The van der Waals surface area contributed by atoms with Crippen LogP contribution in [0.5, 0.6) is 0 Å². The average molecular weight is 246 g/mol. The van der Waals surface area contributed by atoms with Crippen LogP contribution in [0, 0.1) is 25.7 Å². The first-order valence-corrected chi connectivity index (χ1v) is 6.68. The fourth-order valence-electron chi connectivity index (χ4n) is 2.90. The van der Waals surface area contributed by atoms with Crippen LogP contribution in [-0.2, 0) is 4.74 Å². The van der Waals surface area contributed by atoms with E-state index in [0.717, 1.165) is 16.7 Å². The number of ketones is 1. The molecule has 4 atom stereocenters. The zero-order chi connectivity index (χ0) is 13.4. The van der Waals surface area contributed by atoms with Crippen LogP contribution in [0.4, 0.5) is 0 Å². The van der Waals surface area contributed by atoms with Gasteiger partial charge in [-0.25, -0.2) is 0 Å². The molecule has 1 saturated heterocycles. The molecule has 4 unspecified atom stereocenters. The number of benzene rings is 1. The van der Waals surface area contributed by atoms with Gasteiger partial charge in [-0.05, 0) is 45.2 Å². The van der Waals surface area contributed by atoms with Gasteiger partial charge in [-0.2, -0.15) is 0 Å². The average Bonchev–Trinajstić information content (AvgIpc) is 2.56. The van der Waals surface area contributed by atoms with Crippen LogP contribution in [0.1, 0.15) is 42.3 Å². The molecule has 2 heteroatoms. The number of aryl methyl sites for hydroxylation is 2. The molecule has 1 fully saturated rings. The van der Waals surface area contributed by atoms with Crippen molar-refractivity contribution in [3.63, 3.8) is 0 Å². The Bertz CT molecular complexity index is 464. The molecule has 0 spiro atoms. The van der Waals surface area contributed by atoms with Crippen molar-refractivity contribution in [1.82, 2.24) is 0 Å². The van der Waals surface area contributed by atoms with Crippen molar-refractivity contribution in [3.05, 3.63) is 34.9 Å². The molecule has 1 heterocycles. The van der Waals surface area contributed by atoms with E-state index in [9.17, 15) is 4.79 Å². The lowest BCUT2D eigenvalue weighted by atomic mass is 9.82. The van der Waals surface area contributed by atoms with E-state index in [1.807, 2.05) is 39.0 Å². The van der Waals surface area contributed by atoms with Crippen LogP contribution >= 0.6 is 0 Å². The first-order chi connectivity index (χ1) is 8.41. The van der Waals surface area contributed by atoms with Crippen LogP contribution < -0.4 is 0 Å². The van der Waals surface area contributed by atoms with Gasteiger partial charge >= 0.3 is 0 Å². The van der Waals surface area contributed by atoms with E-state index in [2.05, 4.69) is 13.8 Å². The summed E-state index contributed by atoms with van der Waals surface area (Å²) in [7, 11) is 0. The van der Waals surface area contributed by atoms with E-state index >= 15 is 0 Å². The molecule has 0 N–H and O–H groups in total. The van der Waals surface area contributed by atoms with E-state index in [1.54, 1.807) is 0 Å². The van der Waals surface area contributed by atoms with Crippen molar-refractivity contribution in [2.45, 2.75) is 46.8 Å². The molecule has 0 aliphatic carbocycles. The standard InChI is InChI=1S/C16H22O2/c1-9-6-7-10(2)14(8-9)16(17)15-11(3)12(4)18-13(15)5/h6-8,11-13,15H,1-5H3. The molecular weight excluding hydrogens is 224 g/mol. The third kappa shape index (κ3) is 2.22. The highest BCUT2D eigenvalue weighted by Crippen LogP contribution is 2.35. The van der Waals surface area contributed by atoms with Crippen molar-refractivity contribution in [1.29, 1.82) is 0 Å². The van der Waals surface area contributed by atoms with E-state index < -0.39 is 0 Å². The Morgan fingerprint density at radius 3 is 2.33 bits per heavy atom. The first-order valence-electron chi connectivity index (χ1n) is 6.68. The van der Waals surface area contributed by atoms with Crippen LogP contribution in [0.3, 0.4) is 0 Å².